The third-order valence-corrected chi connectivity index (χ3v) is 3.01. The summed E-state index contributed by atoms with van der Waals surface area (Å²) in [6.07, 6.45) is 0.465. The smallest absolute Gasteiger partial charge is 0.355 e. The number of hydrogen-bond acceptors (Lipinski definition) is 5. The predicted octanol–water partition coefficient (Wildman–Crippen LogP) is 1.22. The number of aliphatic hydroxyl groups is 1. The first kappa shape index (κ1) is 13.1. The van der Waals surface area contributed by atoms with Gasteiger partial charge in [-0.15, -0.1) is 0 Å². The molecule has 0 fully saturated rings. The monoisotopic (exact) mass is 212 g/mol. The van der Waals surface area contributed by atoms with Crippen LogP contribution in [0, 0.1) is 0 Å². The van der Waals surface area contributed by atoms with Crippen LogP contribution < -0.4 is 0 Å². The molecule has 0 saturated heterocycles. The average molecular weight is 212 g/mol. The van der Waals surface area contributed by atoms with E-state index in [1.165, 1.54) is 7.11 Å². The van der Waals surface area contributed by atoms with Crippen LogP contribution in [0.2, 0.25) is 0 Å². The quantitative estimate of drug-likeness (QED) is 0.484. The SMILES string of the molecule is CCOP(=O)(COCCCO)OC. The number of hydrogen-bond donors (Lipinski definition) is 1. The standard InChI is InChI=1S/C7H17O5P/c1-3-12-13(9,10-2)7-11-6-4-5-8/h8H,3-7H2,1-2H3. The van der Waals surface area contributed by atoms with Crippen LogP contribution in [0.3, 0.4) is 0 Å². The van der Waals surface area contributed by atoms with Gasteiger partial charge < -0.3 is 18.9 Å². The molecule has 6 heteroatoms. The molecule has 5 nitrogen and oxygen atoms in total. The van der Waals surface area contributed by atoms with Gasteiger partial charge in [0.1, 0.15) is 6.35 Å². The number of ether oxygens (including phenoxy) is 1. The van der Waals surface area contributed by atoms with Crippen molar-refractivity contribution in [1.29, 1.82) is 0 Å². The molecular formula is C7H17O5P. The molecule has 0 heterocycles. The van der Waals surface area contributed by atoms with Gasteiger partial charge >= 0.3 is 7.60 Å². The molecule has 0 amide bonds. The molecule has 0 saturated carbocycles. The first-order valence-electron chi connectivity index (χ1n) is 4.16. The van der Waals surface area contributed by atoms with Crippen molar-refractivity contribution < 1.29 is 23.5 Å². The lowest BCUT2D eigenvalue weighted by Crippen LogP contribution is -2.03. The second-order valence-corrected chi connectivity index (χ2v) is 4.43. The topological polar surface area (TPSA) is 65.0 Å². The molecule has 1 atom stereocenters. The lowest BCUT2D eigenvalue weighted by molar-refractivity contribution is 0.123. The van der Waals surface area contributed by atoms with Crippen LogP contribution in [0.15, 0.2) is 0 Å². The molecule has 80 valence electrons. The van der Waals surface area contributed by atoms with E-state index in [0.29, 0.717) is 19.6 Å². The summed E-state index contributed by atoms with van der Waals surface area (Å²) in [7, 11) is -1.72. The van der Waals surface area contributed by atoms with Gasteiger partial charge in [-0.05, 0) is 13.3 Å². The molecule has 0 aromatic carbocycles. The maximum absolute atomic E-state index is 11.5. The van der Waals surface area contributed by atoms with E-state index in [1.54, 1.807) is 6.92 Å². The molecule has 0 aliphatic carbocycles. The summed E-state index contributed by atoms with van der Waals surface area (Å²) in [6.45, 7) is 2.48. The fraction of sp³-hybridized carbons (Fsp3) is 1.00. The van der Waals surface area contributed by atoms with E-state index < -0.39 is 7.60 Å². The van der Waals surface area contributed by atoms with Crippen molar-refractivity contribution in [1.82, 2.24) is 0 Å². The highest BCUT2D eigenvalue weighted by atomic mass is 31.2. The molecule has 13 heavy (non-hydrogen) atoms. The predicted molar refractivity (Wildman–Crippen MR) is 48.8 cm³/mol. The Bertz CT molecular complexity index is 161. The van der Waals surface area contributed by atoms with E-state index in [4.69, 9.17) is 18.9 Å². The highest BCUT2D eigenvalue weighted by molar-refractivity contribution is 7.53. The zero-order valence-corrected chi connectivity index (χ0v) is 8.96. The maximum Gasteiger partial charge on any atom is 0.355 e. The van der Waals surface area contributed by atoms with E-state index >= 15 is 0 Å². The van der Waals surface area contributed by atoms with E-state index in [-0.39, 0.29) is 13.0 Å². The Morgan fingerprint density at radius 1 is 1.46 bits per heavy atom. The van der Waals surface area contributed by atoms with Crippen molar-refractivity contribution in [3.05, 3.63) is 0 Å². The minimum Gasteiger partial charge on any atom is -0.396 e. The van der Waals surface area contributed by atoms with Crippen molar-refractivity contribution in [2.75, 3.05) is 33.3 Å². The van der Waals surface area contributed by atoms with Gasteiger partial charge in [-0.3, -0.25) is 4.57 Å². The second kappa shape index (κ2) is 7.47. The van der Waals surface area contributed by atoms with Gasteiger partial charge in [-0.25, -0.2) is 0 Å². The molecule has 0 spiro atoms. The molecule has 0 aliphatic rings. The van der Waals surface area contributed by atoms with Gasteiger partial charge in [0.05, 0.1) is 6.61 Å². The van der Waals surface area contributed by atoms with Crippen LogP contribution in [0.25, 0.3) is 0 Å². The summed E-state index contributed by atoms with van der Waals surface area (Å²) < 4.78 is 26.1. The molecular weight excluding hydrogens is 195 g/mol. The molecule has 0 aromatic rings. The first-order chi connectivity index (χ1) is 6.18. The molecule has 0 aliphatic heterocycles. The van der Waals surface area contributed by atoms with Crippen molar-refractivity contribution in [3.8, 4) is 0 Å². The van der Waals surface area contributed by atoms with Crippen LogP contribution in [-0.2, 0) is 18.3 Å². The summed E-state index contributed by atoms with van der Waals surface area (Å²) in [6, 6.07) is 0. The Hall–Kier alpha value is 0.0700. The first-order valence-corrected chi connectivity index (χ1v) is 5.89. The summed E-state index contributed by atoms with van der Waals surface area (Å²) in [4.78, 5) is 0. The second-order valence-electron chi connectivity index (χ2n) is 2.33. The van der Waals surface area contributed by atoms with Gasteiger partial charge in [0.25, 0.3) is 0 Å². The van der Waals surface area contributed by atoms with Crippen LogP contribution in [-0.4, -0.2) is 38.4 Å². The van der Waals surface area contributed by atoms with Crippen molar-refractivity contribution in [2.45, 2.75) is 13.3 Å². The maximum atomic E-state index is 11.5. The Labute approximate surface area is 78.5 Å². The number of aliphatic hydroxyl groups excluding tert-OH is 1. The van der Waals surface area contributed by atoms with Crippen LogP contribution in [0.1, 0.15) is 13.3 Å². The van der Waals surface area contributed by atoms with E-state index in [1.807, 2.05) is 0 Å². The van der Waals surface area contributed by atoms with E-state index in [0.717, 1.165) is 0 Å². The van der Waals surface area contributed by atoms with Crippen LogP contribution in [0.5, 0.6) is 0 Å². The Kier molecular flexibility index (Phi) is 7.51. The van der Waals surface area contributed by atoms with Crippen LogP contribution in [0.4, 0.5) is 0 Å². The lowest BCUT2D eigenvalue weighted by atomic mass is 10.5. The zero-order valence-electron chi connectivity index (χ0n) is 8.06. The zero-order chi connectivity index (χ0) is 10.2. The number of rotatable bonds is 8. The van der Waals surface area contributed by atoms with E-state index in [9.17, 15) is 4.57 Å². The fourth-order valence-electron chi connectivity index (χ4n) is 0.682. The molecule has 0 rings (SSSR count). The highest BCUT2D eigenvalue weighted by Gasteiger charge is 2.21. The largest absolute Gasteiger partial charge is 0.396 e. The summed E-state index contributed by atoms with van der Waals surface area (Å²) in [5.41, 5.74) is 0. The minimum absolute atomic E-state index is 0.0582. The molecule has 1 unspecified atom stereocenters. The van der Waals surface area contributed by atoms with Gasteiger partial charge in [0.15, 0.2) is 0 Å². The average Bonchev–Trinajstić information content (AvgIpc) is 2.13. The van der Waals surface area contributed by atoms with Crippen molar-refractivity contribution in [2.24, 2.45) is 0 Å². The Morgan fingerprint density at radius 2 is 2.15 bits per heavy atom. The van der Waals surface area contributed by atoms with Crippen LogP contribution >= 0.6 is 7.60 Å². The lowest BCUT2D eigenvalue weighted by Gasteiger charge is -2.14. The third-order valence-electron chi connectivity index (χ3n) is 1.30. The van der Waals surface area contributed by atoms with Crippen molar-refractivity contribution >= 4 is 7.60 Å². The Morgan fingerprint density at radius 3 is 2.62 bits per heavy atom. The fourth-order valence-corrected chi connectivity index (χ4v) is 1.71. The summed E-state index contributed by atoms with van der Waals surface area (Å²) in [5.74, 6) is 0. The van der Waals surface area contributed by atoms with Gasteiger partial charge in [-0.2, -0.15) is 0 Å². The molecule has 0 aromatic heterocycles. The summed E-state index contributed by atoms with van der Waals surface area (Å²) >= 11 is 0. The van der Waals surface area contributed by atoms with Gasteiger partial charge in [-0.1, -0.05) is 0 Å². The molecule has 1 N–H and O–H groups in total. The molecule has 0 radical (unpaired) electrons. The normalized spacial score (nSPS) is 15.6. The van der Waals surface area contributed by atoms with E-state index in [2.05, 4.69) is 0 Å². The van der Waals surface area contributed by atoms with Gasteiger partial charge in [0.2, 0.25) is 0 Å². The molecule has 0 bridgehead atoms. The van der Waals surface area contributed by atoms with Gasteiger partial charge in [0, 0.05) is 20.3 Å². The summed E-state index contributed by atoms with van der Waals surface area (Å²) in [5, 5.41) is 8.44. The third kappa shape index (κ3) is 6.18. The minimum atomic E-state index is -3.04. The Balaban J connectivity index is 3.64. The van der Waals surface area contributed by atoms with Crippen molar-refractivity contribution in [3.63, 3.8) is 0 Å². The highest BCUT2D eigenvalue weighted by Crippen LogP contribution is 2.46.